The van der Waals surface area contributed by atoms with Crippen LogP contribution in [0, 0.1) is 11.3 Å². The van der Waals surface area contributed by atoms with Gasteiger partial charge >= 0.3 is 0 Å². The van der Waals surface area contributed by atoms with E-state index in [0.29, 0.717) is 26.3 Å². The minimum Gasteiger partial charge on any atom is -0.379 e. The molecule has 0 aromatic heterocycles. The van der Waals surface area contributed by atoms with E-state index in [1.807, 2.05) is 30.3 Å². The first kappa shape index (κ1) is 19.9. The standard InChI is InChI=1S/C19H26N4O3/c20-7-4-8-23(10-9-22-11-13-26-14-12-22)19(25)16-21-18(24)15-17-5-2-1-3-6-17/h1-3,5-6H,4,8-16H2,(H,21,24). The Morgan fingerprint density at radius 2 is 1.92 bits per heavy atom. The quantitative estimate of drug-likeness (QED) is 0.691. The van der Waals surface area contributed by atoms with Crippen molar-refractivity contribution in [1.82, 2.24) is 15.1 Å². The van der Waals surface area contributed by atoms with Crippen molar-refractivity contribution >= 4 is 11.8 Å². The van der Waals surface area contributed by atoms with E-state index >= 15 is 0 Å². The van der Waals surface area contributed by atoms with Crippen LogP contribution in [-0.4, -0.2) is 74.1 Å². The number of carbonyl (C=O) groups is 2. The molecule has 1 aromatic carbocycles. The van der Waals surface area contributed by atoms with E-state index in [0.717, 1.165) is 25.2 Å². The third kappa shape index (κ3) is 7.21. The minimum absolute atomic E-state index is 0.0415. The highest BCUT2D eigenvalue weighted by atomic mass is 16.5. The van der Waals surface area contributed by atoms with Crippen molar-refractivity contribution in [2.45, 2.75) is 12.8 Å². The van der Waals surface area contributed by atoms with E-state index in [-0.39, 0.29) is 31.2 Å². The average molecular weight is 358 g/mol. The summed E-state index contributed by atoms with van der Waals surface area (Å²) in [5.41, 5.74) is 0.908. The largest absolute Gasteiger partial charge is 0.379 e. The Morgan fingerprint density at radius 3 is 2.62 bits per heavy atom. The van der Waals surface area contributed by atoms with Gasteiger partial charge in [0.1, 0.15) is 0 Å². The fourth-order valence-electron chi connectivity index (χ4n) is 2.76. The third-order valence-electron chi connectivity index (χ3n) is 4.28. The summed E-state index contributed by atoms with van der Waals surface area (Å²) < 4.78 is 5.32. The molecule has 0 spiro atoms. The Bertz CT molecular complexity index is 609. The minimum atomic E-state index is -0.182. The molecular weight excluding hydrogens is 332 g/mol. The van der Waals surface area contributed by atoms with Crippen LogP contribution in [0.5, 0.6) is 0 Å². The normalized spacial score (nSPS) is 14.4. The van der Waals surface area contributed by atoms with E-state index in [9.17, 15) is 9.59 Å². The van der Waals surface area contributed by atoms with Crippen LogP contribution in [0.4, 0.5) is 0 Å². The van der Waals surface area contributed by atoms with Crippen molar-refractivity contribution in [2.75, 3.05) is 52.5 Å². The van der Waals surface area contributed by atoms with Gasteiger partial charge in [0.25, 0.3) is 0 Å². The molecule has 7 nitrogen and oxygen atoms in total. The summed E-state index contributed by atoms with van der Waals surface area (Å²) in [6.45, 7) is 4.77. The van der Waals surface area contributed by atoms with Crippen LogP contribution >= 0.6 is 0 Å². The Morgan fingerprint density at radius 1 is 1.19 bits per heavy atom. The second-order valence-electron chi connectivity index (χ2n) is 6.18. The number of nitrogens with one attached hydrogen (secondary N) is 1. The van der Waals surface area contributed by atoms with Crippen LogP contribution < -0.4 is 5.32 Å². The van der Waals surface area contributed by atoms with Crippen molar-refractivity contribution in [2.24, 2.45) is 0 Å². The first-order chi connectivity index (χ1) is 12.7. The Balaban J connectivity index is 1.77. The number of ether oxygens (including phenoxy) is 1. The Hall–Kier alpha value is -2.43. The molecule has 1 heterocycles. The third-order valence-corrected chi connectivity index (χ3v) is 4.28. The molecule has 0 saturated carbocycles. The Kier molecular flexibility index (Phi) is 8.60. The van der Waals surface area contributed by atoms with Gasteiger partial charge in [-0.25, -0.2) is 0 Å². The summed E-state index contributed by atoms with van der Waals surface area (Å²) in [4.78, 5) is 28.3. The van der Waals surface area contributed by atoms with Gasteiger partial charge in [-0.15, -0.1) is 0 Å². The van der Waals surface area contributed by atoms with E-state index in [1.54, 1.807) is 4.90 Å². The predicted molar refractivity (Wildman–Crippen MR) is 97.2 cm³/mol. The summed E-state index contributed by atoms with van der Waals surface area (Å²) in [6, 6.07) is 11.5. The molecule has 1 aromatic rings. The molecule has 26 heavy (non-hydrogen) atoms. The zero-order valence-corrected chi connectivity index (χ0v) is 15.0. The molecule has 2 amide bonds. The maximum absolute atomic E-state index is 12.4. The summed E-state index contributed by atoms with van der Waals surface area (Å²) in [5.74, 6) is -0.340. The van der Waals surface area contributed by atoms with Crippen LogP contribution in [0.2, 0.25) is 0 Å². The lowest BCUT2D eigenvalue weighted by molar-refractivity contribution is -0.133. The van der Waals surface area contributed by atoms with Gasteiger partial charge in [-0.05, 0) is 5.56 Å². The topological polar surface area (TPSA) is 85.7 Å². The molecule has 7 heteroatoms. The van der Waals surface area contributed by atoms with Crippen LogP contribution in [0.1, 0.15) is 12.0 Å². The second kappa shape index (κ2) is 11.2. The van der Waals surface area contributed by atoms with Crippen molar-refractivity contribution in [3.8, 4) is 6.07 Å². The fourth-order valence-corrected chi connectivity index (χ4v) is 2.76. The molecule has 1 aliphatic rings. The molecular formula is C19H26N4O3. The smallest absolute Gasteiger partial charge is 0.242 e. The summed E-state index contributed by atoms with van der Waals surface area (Å²) in [6.07, 6.45) is 0.535. The number of nitriles is 1. The lowest BCUT2D eigenvalue weighted by Crippen LogP contribution is -2.46. The van der Waals surface area contributed by atoms with Gasteiger partial charge in [0.15, 0.2) is 0 Å². The van der Waals surface area contributed by atoms with E-state index in [4.69, 9.17) is 10.00 Å². The van der Waals surface area contributed by atoms with Gasteiger partial charge in [0.2, 0.25) is 11.8 Å². The average Bonchev–Trinajstić information content (AvgIpc) is 2.68. The van der Waals surface area contributed by atoms with Gasteiger partial charge in [-0.2, -0.15) is 5.26 Å². The zero-order valence-electron chi connectivity index (χ0n) is 15.0. The van der Waals surface area contributed by atoms with Crippen molar-refractivity contribution in [1.29, 1.82) is 5.26 Å². The van der Waals surface area contributed by atoms with Crippen molar-refractivity contribution in [3.05, 3.63) is 35.9 Å². The molecule has 0 unspecified atom stereocenters. The molecule has 1 fully saturated rings. The highest BCUT2D eigenvalue weighted by Crippen LogP contribution is 2.01. The van der Waals surface area contributed by atoms with Crippen LogP contribution in [0.25, 0.3) is 0 Å². The van der Waals surface area contributed by atoms with Crippen molar-refractivity contribution < 1.29 is 14.3 Å². The highest BCUT2D eigenvalue weighted by Gasteiger charge is 2.17. The summed E-state index contributed by atoms with van der Waals surface area (Å²) in [5, 5.41) is 11.5. The molecule has 0 atom stereocenters. The summed E-state index contributed by atoms with van der Waals surface area (Å²) >= 11 is 0. The van der Waals surface area contributed by atoms with Gasteiger partial charge in [0, 0.05) is 32.7 Å². The van der Waals surface area contributed by atoms with Gasteiger partial charge in [0.05, 0.1) is 38.7 Å². The zero-order chi connectivity index (χ0) is 18.6. The lowest BCUT2D eigenvalue weighted by atomic mass is 10.1. The number of nitrogens with zero attached hydrogens (tertiary/aromatic N) is 3. The number of benzene rings is 1. The maximum Gasteiger partial charge on any atom is 0.242 e. The molecule has 0 bridgehead atoms. The SMILES string of the molecule is N#CCCN(CCN1CCOCC1)C(=O)CNC(=O)Cc1ccccc1. The fraction of sp³-hybridized carbons (Fsp3) is 0.526. The van der Waals surface area contributed by atoms with E-state index < -0.39 is 0 Å². The molecule has 1 saturated heterocycles. The molecule has 1 N–H and O–H groups in total. The monoisotopic (exact) mass is 358 g/mol. The molecule has 1 aliphatic heterocycles. The summed E-state index contributed by atoms with van der Waals surface area (Å²) in [7, 11) is 0. The van der Waals surface area contributed by atoms with E-state index in [1.165, 1.54) is 0 Å². The highest BCUT2D eigenvalue weighted by molar-refractivity contribution is 5.85. The van der Waals surface area contributed by atoms with Gasteiger partial charge in [-0.3, -0.25) is 14.5 Å². The number of rotatable bonds is 9. The first-order valence-electron chi connectivity index (χ1n) is 8.94. The molecule has 0 aliphatic carbocycles. The number of hydrogen-bond acceptors (Lipinski definition) is 5. The number of morpholine rings is 1. The number of amides is 2. The Labute approximate surface area is 154 Å². The molecule has 140 valence electrons. The number of carbonyl (C=O) groups excluding carboxylic acids is 2. The van der Waals surface area contributed by atoms with Crippen LogP contribution in [0.3, 0.4) is 0 Å². The second-order valence-corrected chi connectivity index (χ2v) is 6.18. The predicted octanol–water partition coefficient (Wildman–Crippen LogP) is 0.420. The van der Waals surface area contributed by atoms with Crippen LogP contribution in [0.15, 0.2) is 30.3 Å². The molecule has 0 radical (unpaired) electrons. The maximum atomic E-state index is 12.4. The van der Waals surface area contributed by atoms with Crippen LogP contribution in [-0.2, 0) is 20.7 Å². The number of hydrogen-bond donors (Lipinski definition) is 1. The van der Waals surface area contributed by atoms with Crippen molar-refractivity contribution in [3.63, 3.8) is 0 Å². The first-order valence-corrected chi connectivity index (χ1v) is 8.94. The molecule has 2 rings (SSSR count). The lowest BCUT2D eigenvalue weighted by Gasteiger charge is -2.30. The van der Waals surface area contributed by atoms with Gasteiger partial charge < -0.3 is 15.0 Å². The van der Waals surface area contributed by atoms with Gasteiger partial charge in [-0.1, -0.05) is 30.3 Å². The van der Waals surface area contributed by atoms with E-state index in [2.05, 4.69) is 16.3 Å².